The average Bonchev–Trinajstić information content (AvgIpc) is 1.81. The van der Waals surface area contributed by atoms with Gasteiger partial charge < -0.3 is 4.79 Å². The van der Waals surface area contributed by atoms with Crippen molar-refractivity contribution in [2.24, 2.45) is 11.3 Å². The molecule has 13 heavy (non-hydrogen) atoms. The smallest absolute Gasteiger partial charge is 0.130 e. The third kappa shape index (κ3) is 7.76. The minimum atomic E-state index is 0.285. The van der Waals surface area contributed by atoms with Crippen molar-refractivity contribution >= 4 is 5.78 Å². The molecule has 76 valence electrons. The number of allylic oxidation sites excluding steroid dienone is 2. The molecule has 0 aliphatic carbocycles. The van der Waals surface area contributed by atoms with Crippen molar-refractivity contribution in [3.63, 3.8) is 0 Å². The molecule has 0 amide bonds. The molecule has 1 nitrogen and oxygen atoms in total. The zero-order valence-corrected chi connectivity index (χ0v) is 9.55. The quantitative estimate of drug-likeness (QED) is 0.607. The fourth-order valence-electron chi connectivity index (χ4n) is 1.64. The maximum Gasteiger partial charge on any atom is 0.130 e. The predicted molar refractivity (Wildman–Crippen MR) is 57.7 cm³/mol. The lowest BCUT2D eigenvalue weighted by molar-refractivity contribution is -0.117. The molecule has 0 fully saturated rings. The molecule has 0 spiro atoms. The summed E-state index contributed by atoms with van der Waals surface area (Å²) in [5.74, 6) is 0.704. The lowest BCUT2D eigenvalue weighted by atomic mass is 9.82. The van der Waals surface area contributed by atoms with Gasteiger partial charge in [0.2, 0.25) is 0 Å². The van der Waals surface area contributed by atoms with E-state index in [2.05, 4.69) is 26.8 Å². The summed E-state index contributed by atoms with van der Waals surface area (Å²) in [6, 6.07) is 0. The Morgan fingerprint density at radius 3 is 2.23 bits per heavy atom. The van der Waals surface area contributed by atoms with Crippen LogP contribution >= 0.6 is 0 Å². The maximum atomic E-state index is 11.0. The topological polar surface area (TPSA) is 17.1 Å². The van der Waals surface area contributed by atoms with Gasteiger partial charge in [-0.1, -0.05) is 32.9 Å². The number of carbonyl (C=O) groups excluding carboxylic acids is 1. The molecule has 0 aromatic heterocycles. The summed E-state index contributed by atoms with van der Waals surface area (Å²) < 4.78 is 0. The first-order chi connectivity index (χ1) is 5.85. The average molecular weight is 182 g/mol. The van der Waals surface area contributed by atoms with E-state index in [-0.39, 0.29) is 5.78 Å². The number of Topliss-reactive ketones (excluding diaryl/α,β-unsaturated/α-hetero) is 1. The summed E-state index contributed by atoms with van der Waals surface area (Å²) in [4.78, 5) is 11.0. The van der Waals surface area contributed by atoms with E-state index in [1.807, 2.05) is 13.0 Å². The molecule has 1 unspecified atom stereocenters. The zero-order chi connectivity index (χ0) is 10.5. The third-order valence-corrected chi connectivity index (χ3v) is 1.89. The highest BCUT2D eigenvalue weighted by Gasteiger charge is 2.17. The monoisotopic (exact) mass is 182 g/mol. The minimum Gasteiger partial charge on any atom is -0.300 e. The molecule has 0 rings (SSSR count). The van der Waals surface area contributed by atoms with Crippen LogP contribution in [0, 0.1) is 11.3 Å². The highest BCUT2D eigenvalue weighted by atomic mass is 16.1. The first-order valence-corrected chi connectivity index (χ1v) is 4.97. The summed E-state index contributed by atoms with van der Waals surface area (Å²) >= 11 is 0. The number of rotatable bonds is 4. The van der Waals surface area contributed by atoms with Gasteiger partial charge in [0.1, 0.15) is 5.78 Å². The van der Waals surface area contributed by atoms with Crippen molar-refractivity contribution in [1.82, 2.24) is 0 Å². The summed E-state index contributed by atoms with van der Waals surface area (Å²) in [5.41, 5.74) is 0.305. The van der Waals surface area contributed by atoms with E-state index in [0.29, 0.717) is 17.8 Å². The Labute approximate surface area is 82.2 Å². The van der Waals surface area contributed by atoms with Crippen molar-refractivity contribution in [2.45, 2.75) is 47.5 Å². The second-order valence-electron chi connectivity index (χ2n) is 4.96. The van der Waals surface area contributed by atoms with E-state index in [4.69, 9.17) is 0 Å². The SMILES string of the molecule is CC=CC(CC(C)=O)CC(C)(C)C. The van der Waals surface area contributed by atoms with Gasteiger partial charge in [0, 0.05) is 6.42 Å². The first kappa shape index (κ1) is 12.4. The van der Waals surface area contributed by atoms with Crippen LogP contribution in [-0.4, -0.2) is 5.78 Å². The molecule has 0 heterocycles. The van der Waals surface area contributed by atoms with E-state index in [9.17, 15) is 4.79 Å². The van der Waals surface area contributed by atoms with Crippen molar-refractivity contribution < 1.29 is 4.79 Å². The number of carbonyl (C=O) groups is 1. The largest absolute Gasteiger partial charge is 0.300 e. The lowest BCUT2D eigenvalue weighted by Gasteiger charge is -2.23. The van der Waals surface area contributed by atoms with Crippen LogP contribution in [0.5, 0.6) is 0 Å². The number of ketones is 1. The molecule has 0 aliphatic heterocycles. The van der Waals surface area contributed by atoms with E-state index >= 15 is 0 Å². The van der Waals surface area contributed by atoms with Gasteiger partial charge in [-0.05, 0) is 31.6 Å². The molecular weight excluding hydrogens is 160 g/mol. The normalized spacial score (nSPS) is 14.8. The summed E-state index contributed by atoms with van der Waals surface area (Å²) in [7, 11) is 0. The summed E-state index contributed by atoms with van der Waals surface area (Å²) in [5, 5.41) is 0. The fraction of sp³-hybridized carbons (Fsp3) is 0.750. The van der Waals surface area contributed by atoms with Crippen LogP contribution in [-0.2, 0) is 4.79 Å². The van der Waals surface area contributed by atoms with Gasteiger partial charge in [0.05, 0.1) is 0 Å². The van der Waals surface area contributed by atoms with Crippen molar-refractivity contribution in [1.29, 1.82) is 0 Å². The molecule has 0 aromatic carbocycles. The summed E-state index contributed by atoms with van der Waals surface area (Å²) in [6.45, 7) is 10.3. The highest BCUT2D eigenvalue weighted by molar-refractivity contribution is 5.75. The van der Waals surface area contributed by atoms with E-state index in [0.717, 1.165) is 6.42 Å². The van der Waals surface area contributed by atoms with Crippen molar-refractivity contribution in [3.05, 3.63) is 12.2 Å². The molecular formula is C12H22O. The van der Waals surface area contributed by atoms with Crippen LogP contribution < -0.4 is 0 Å². The molecule has 0 saturated carbocycles. The Morgan fingerprint density at radius 1 is 1.38 bits per heavy atom. The van der Waals surface area contributed by atoms with Gasteiger partial charge in [-0.2, -0.15) is 0 Å². The van der Waals surface area contributed by atoms with Crippen LogP contribution in [0.25, 0.3) is 0 Å². The van der Waals surface area contributed by atoms with Crippen LogP contribution in [0.4, 0.5) is 0 Å². The zero-order valence-electron chi connectivity index (χ0n) is 9.55. The van der Waals surface area contributed by atoms with Gasteiger partial charge in [-0.3, -0.25) is 0 Å². The Morgan fingerprint density at radius 2 is 1.92 bits per heavy atom. The predicted octanol–water partition coefficient (Wildman–Crippen LogP) is 3.59. The van der Waals surface area contributed by atoms with Crippen molar-refractivity contribution in [2.75, 3.05) is 0 Å². The molecule has 0 aliphatic rings. The van der Waals surface area contributed by atoms with E-state index in [1.165, 1.54) is 0 Å². The van der Waals surface area contributed by atoms with E-state index < -0.39 is 0 Å². The van der Waals surface area contributed by atoms with Crippen LogP contribution in [0.3, 0.4) is 0 Å². The first-order valence-electron chi connectivity index (χ1n) is 4.97. The minimum absolute atomic E-state index is 0.285. The second-order valence-corrected chi connectivity index (χ2v) is 4.96. The number of hydrogen-bond donors (Lipinski definition) is 0. The Kier molecular flexibility index (Phi) is 4.97. The standard InChI is InChI=1S/C12H22O/c1-6-7-11(8-10(2)13)9-12(3,4)5/h6-7,11H,8-9H2,1-5H3. The summed E-state index contributed by atoms with van der Waals surface area (Å²) in [6.07, 6.45) is 5.95. The van der Waals surface area contributed by atoms with Gasteiger partial charge in [0.25, 0.3) is 0 Å². The Hall–Kier alpha value is -0.590. The maximum absolute atomic E-state index is 11.0. The van der Waals surface area contributed by atoms with E-state index in [1.54, 1.807) is 6.92 Å². The molecule has 0 bridgehead atoms. The van der Waals surface area contributed by atoms with Crippen LogP contribution in [0.1, 0.15) is 47.5 Å². The lowest BCUT2D eigenvalue weighted by Crippen LogP contribution is -2.14. The van der Waals surface area contributed by atoms with Gasteiger partial charge >= 0.3 is 0 Å². The molecule has 1 atom stereocenters. The van der Waals surface area contributed by atoms with Crippen molar-refractivity contribution in [3.8, 4) is 0 Å². The molecule has 0 aromatic rings. The molecule has 0 saturated heterocycles. The van der Waals surface area contributed by atoms with Gasteiger partial charge in [0.15, 0.2) is 0 Å². The number of hydrogen-bond acceptors (Lipinski definition) is 1. The van der Waals surface area contributed by atoms with Crippen LogP contribution in [0.15, 0.2) is 12.2 Å². The molecule has 0 N–H and O–H groups in total. The Bertz CT molecular complexity index is 184. The van der Waals surface area contributed by atoms with Crippen LogP contribution in [0.2, 0.25) is 0 Å². The molecule has 0 radical (unpaired) electrons. The van der Waals surface area contributed by atoms with Gasteiger partial charge in [-0.15, -0.1) is 0 Å². The third-order valence-electron chi connectivity index (χ3n) is 1.89. The molecule has 1 heteroatoms. The fourth-order valence-corrected chi connectivity index (χ4v) is 1.64. The second kappa shape index (κ2) is 5.21. The Balaban J connectivity index is 4.18. The van der Waals surface area contributed by atoms with Gasteiger partial charge in [-0.25, -0.2) is 0 Å². The highest BCUT2D eigenvalue weighted by Crippen LogP contribution is 2.27.